The summed E-state index contributed by atoms with van der Waals surface area (Å²) in [4.78, 5) is 11.3. The van der Waals surface area contributed by atoms with Gasteiger partial charge in [0.05, 0.1) is 0 Å². The van der Waals surface area contributed by atoms with Crippen LogP contribution in [0.15, 0.2) is 28.7 Å². The van der Waals surface area contributed by atoms with E-state index in [4.69, 9.17) is 10.3 Å². The Kier molecular flexibility index (Phi) is 1.98. The van der Waals surface area contributed by atoms with Gasteiger partial charge < -0.3 is 4.42 Å². The van der Waals surface area contributed by atoms with Gasteiger partial charge >= 0.3 is 5.91 Å². The molecule has 1 aromatic carbocycles. The fraction of sp³-hybridized carbons (Fsp3) is 0.100. The molecule has 3 N–H and O–H groups in total. The van der Waals surface area contributed by atoms with E-state index in [1.54, 1.807) is 0 Å². The maximum atomic E-state index is 11.3. The monoisotopic (exact) mass is 190 g/mol. The normalized spacial score (nSPS) is 10.4. The molecule has 0 atom stereocenters. The number of hydrazine groups is 1. The van der Waals surface area contributed by atoms with E-state index in [0.29, 0.717) is 5.58 Å². The zero-order chi connectivity index (χ0) is 10.1. The molecule has 0 fully saturated rings. The van der Waals surface area contributed by atoms with Crippen LogP contribution in [0.4, 0.5) is 0 Å². The number of fused-ring (bicyclic) bond motifs is 1. The number of para-hydroxylation sites is 1. The first-order valence-corrected chi connectivity index (χ1v) is 4.23. The minimum absolute atomic E-state index is 0.272. The lowest BCUT2D eigenvalue weighted by Crippen LogP contribution is -2.30. The van der Waals surface area contributed by atoms with E-state index >= 15 is 0 Å². The van der Waals surface area contributed by atoms with Gasteiger partial charge in [-0.25, -0.2) is 5.84 Å². The number of rotatable bonds is 1. The number of carbonyl (C=O) groups excluding carboxylic acids is 1. The van der Waals surface area contributed by atoms with Crippen LogP contribution in [-0.4, -0.2) is 5.91 Å². The molecule has 72 valence electrons. The Hall–Kier alpha value is -1.81. The van der Waals surface area contributed by atoms with Crippen molar-refractivity contribution in [3.05, 3.63) is 35.6 Å². The van der Waals surface area contributed by atoms with Crippen molar-refractivity contribution < 1.29 is 9.21 Å². The molecule has 0 aliphatic carbocycles. The summed E-state index contributed by atoms with van der Waals surface area (Å²) in [6.07, 6.45) is 0. The second-order valence-electron chi connectivity index (χ2n) is 3.03. The number of hydrogen-bond acceptors (Lipinski definition) is 3. The van der Waals surface area contributed by atoms with Crippen LogP contribution in [0.5, 0.6) is 0 Å². The molecule has 2 rings (SSSR count). The third kappa shape index (κ3) is 1.16. The van der Waals surface area contributed by atoms with E-state index in [-0.39, 0.29) is 5.76 Å². The first kappa shape index (κ1) is 8.77. The van der Waals surface area contributed by atoms with Gasteiger partial charge in [0.25, 0.3) is 0 Å². The Bertz CT molecular complexity index is 488. The second kappa shape index (κ2) is 3.16. The molecule has 1 aromatic heterocycles. The molecule has 0 aliphatic heterocycles. The summed E-state index contributed by atoms with van der Waals surface area (Å²) in [5.41, 5.74) is 3.56. The lowest BCUT2D eigenvalue weighted by molar-refractivity contribution is 0.0927. The molecule has 0 aliphatic rings. The van der Waals surface area contributed by atoms with Crippen LogP contribution in [0, 0.1) is 6.92 Å². The molecule has 0 saturated carbocycles. The van der Waals surface area contributed by atoms with Crippen molar-refractivity contribution in [2.45, 2.75) is 6.92 Å². The lowest BCUT2D eigenvalue weighted by atomic mass is 10.1. The van der Waals surface area contributed by atoms with Crippen molar-refractivity contribution in [2.24, 2.45) is 5.84 Å². The van der Waals surface area contributed by atoms with Crippen LogP contribution >= 0.6 is 0 Å². The van der Waals surface area contributed by atoms with Crippen LogP contribution < -0.4 is 11.3 Å². The maximum Gasteiger partial charge on any atom is 0.301 e. The standard InChI is InChI=1S/C10H10N2O2/c1-6-7-4-2-3-5-8(7)14-9(6)10(13)12-11/h2-5H,11H2,1H3,(H,12,13). The topological polar surface area (TPSA) is 68.3 Å². The number of amides is 1. The highest BCUT2D eigenvalue weighted by Gasteiger charge is 2.15. The Morgan fingerprint density at radius 3 is 2.79 bits per heavy atom. The molecule has 0 bridgehead atoms. The van der Waals surface area contributed by atoms with Crippen LogP contribution in [0.3, 0.4) is 0 Å². The Labute approximate surface area is 80.7 Å². The lowest BCUT2D eigenvalue weighted by Gasteiger charge is -1.94. The SMILES string of the molecule is Cc1c(C(=O)NN)oc2ccccc12. The molecular weight excluding hydrogens is 180 g/mol. The van der Waals surface area contributed by atoms with Crippen LogP contribution in [0.25, 0.3) is 11.0 Å². The zero-order valence-electron chi connectivity index (χ0n) is 7.70. The average molecular weight is 190 g/mol. The number of nitrogens with two attached hydrogens (primary N) is 1. The third-order valence-electron chi connectivity index (χ3n) is 2.18. The highest BCUT2D eigenvalue weighted by molar-refractivity contribution is 5.98. The van der Waals surface area contributed by atoms with Crippen molar-refractivity contribution in [3.8, 4) is 0 Å². The van der Waals surface area contributed by atoms with Gasteiger partial charge in [0.2, 0.25) is 0 Å². The Morgan fingerprint density at radius 2 is 2.14 bits per heavy atom. The van der Waals surface area contributed by atoms with Crippen LogP contribution in [0.2, 0.25) is 0 Å². The number of carbonyl (C=O) groups is 1. The summed E-state index contributed by atoms with van der Waals surface area (Å²) in [5, 5.41) is 0.936. The Morgan fingerprint density at radius 1 is 1.43 bits per heavy atom. The number of aryl methyl sites for hydroxylation is 1. The number of furan rings is 1. The Balaban J connectivity index is 2.68. The first-order chi connectivity index (χ1) is 6.74. The minimum atomic E-state index is -0.404. The van der Waals surface area contributed by atoms with E-state index in [2.05, 4.69) is 5.43 Å². The van der Waals surface area contributed by atoms with Gasteiger partial charge in [-0.2, -0.15) is 0 Å². The quantitative estimate of drug-likeness (QED) is 0.405. The number of nitrogens with one attached hydrogen (secondary N) is 1. The maximum absolute atomic E-state index is 11.3. The molecule has 0 spiro atoms. The van der Waals surface area contributed by atoms with Gasteiger partial charge in [-0.15, -0.1) is 0 Å². The predicted molar refractivity (Wildman–Crippen MR) is 52.6 cm³/mol. The molecule has 4 nitrogen and oxygen atoms in total. The molecular formula is C10H10N2O2. The van der Waals surface area contributed by atoms with Crippen molar-refractivity contribution in [1.82, 2.24) is 5.43 Å². The number of hydrogen-bond donors (Lipinski definition) is 2. The van der Waals surface area contributed by atoms with E-state index < -0.39 is 5.91 Å². The second-order valence-corrected chi connectivity index (χ2v) is 3.03. The van der Waals surface area contributed by atoms with Gasteiger partial charge in [-0.1, -0.05) is 18.2 Å². The van der Waals surface area contributed by atoms with E-state index in [0.717, 1.165) is 10.9 Å². The van der Waals surface area contributed by atoms with Gasteiger partial charge in [0.1, 0.15) is 5.58 Å². The van der Waals surface area contributed by atoms with Gasteiger partial charge in [0.15, 0.2) is 5.76 Å². The molecule has 0 radical (unpaired) electrons. The van der Waals surface area contributed by atoms with Crippen molar-refractivity contribution in [3.63, 3.8) is 0 Å². The van der Waals surface area contributed by atoms with Gasteiger partial charge in [0, 0.05) is 10.9 Å². The fourth-order valence-corrected chi connectivity index (χ4v) is 1.46. The highest BCUT2D eigenvalue weighted by atomic mass is 16.3. The molecule has 2 aromatic rings. The molecule has 1 amide bonds. The summed E-state index contributed by atoms with van der Waals surface area (Å²) in [5.74, 6) is 4.90. The summed E-state index contributed by atoms with van der Waals surface area (Å²) >= 11 is 0. The summed E-state index contributed by atoms with van der Waals surface area (Å²) in [6.45, 7) is 1.83. The van der Waals surface area contributed by atoms with Gasteiger partial charge in [-0.05, 0) is 13.0 Å². The van der Waals surface area contributed by atoms with Crippen LogP contribution in [-0.2, 0) is 0 Å². The zero-order valence-corrected chi connectivity index (χ0v) is 7.70. The predicted octanol–water partition coefficient (Wildman–Crippen LogP) is 1.34. The van der Waals surface area contributed by atoms with Crippen LogP contribution in [0.1, 0.15) is 16.1 Å². The van der Waals surface area contributed by atoms with Crippen molar-refractivity contribution in [2.75, 3.05) is 0 Å². The number of benzene rings is 1. The smallest absolute Gasteiger partial charge is 0.301 e. The minimum Gasteiger partial charge on any atom is -0.451 e. The van der Waals surface area contributed by atoms with Crippen molar-refractivity contribution in [1.29, 1.82) is 0 Å². The largest absolute Gasteiger partial charge is 0.451 e. The molecule has 14 heavy (non-hydrogen) atoms. The highest BCUT2D eigenvalue weighted by Crippen LogP contribution is 2.24. The van der Waals surface area contributed by atoms with E-state index in [1.165, 1.54) is 0 Å². The summed E-state index contributed by atoms with van der Waals surface area (Å²) in [7, 11) is 0. The first-order valence-electron chi connectivity index (χ1n) is 4.23. The summed E-state index contributed by atoms with van der Waals surface area (Å²) in [6, 6.07) is 7.47. The van der Waals surface area contributed by atoms with Crippen molar-refractivity contribution >= 4 is 16.9 Å². The fourth-order valence-electron chi connectivity index (χ4n) is 1.46. The molecule has 1 heterocycles. The average Bonchev–Trinajstić information content (AvgIpc) is 2.56. The third-order valence-corrected chi connectivity index (χ3v) is 2.18. The molecule has 0 saturated heterocycles. The number of nitrogen functional groups attached to an aromatic ring is 1. The summed E-state index contributed by atoms with van der Waals surface area (Å²) < 4.78 is 5.36. The molecule has 0 unspecified atom stereocenters. The van der Waals surface area contributed by atoms with E-state index in [1.807, 2.05) is 31.2 Å². The van der Waals surface area contributed by atoms with Gasteiger partial charge in [-0.3, -0.25) is 10.2 Å². The van der Waals surface area contributed by atoms with E-state index in [9.17, 15) is 4.79 Å². The molecule has 4 heteroatoms.